The smallest absolute Gasteiger partial charge is 0.338 e. The van der Waals surface area contributed by atoms with Crippen LogP contribution in [0, 0.1) is 5.92 Å². The molecule has 2 unspecified atom stereocenters. The number of nitrogens with zero attached hydrogens (tertiary/aromatic N) is 2. The Bertz CT molecular complexity index is 749. The lowest BCUT2D eigenvalue weighted by molar-refractivity contribution is -0.163. The molecule has 2 saturated heterocycles. The van der Waals surface area contributed by atoms with Crippen molar-refractivity contribution in [2.45, 2.75) is 97.0 Å². The topological polar surface area (TPSA) is 81.9 Å². The highest BCUT2D eigenvalue weighted by molar-refractivity contribution is 5.88. The first-order chi connectivity index (χ1) is 13.5. The predicted molar refractivity (Wildman–Crippen MR) is 107 cm³/mol. The zero-order valence-corrected chi connectivity index (χ0v) is 18.5. The van der Waals surface area contributed by atoms with Gasteiger partial charge in [0.2, 0.25) is 17.6 Å². The number of aromatic nitrogens is 1. The first kappa shape index (κ1) is 21.8. The van der Waals surface area contributed by atoms with Gasteiger partial charge in [-0.1, -0.05) is 40.5 Å². The minimum atomic E-state index is -0.999. The molecule has 29 heavy (non-hydrogen) atoms. The number of amides is 1. The largest absolute Gasteiger partial charge is 0.443 e. The normalized spacial score (nSPS) is 25.3. The van der Waals surface area contributed by atoms with E-state index in [9.17, 15) is 9.59 Å². The third kappa shape index (κ3) is 4.65. The average Bonchev–Trinajstić information content (AvgIpc) is 3.32. The number of hydrogen-bond donors (Lipinski definition) is 0. The van der Waals surface area contributed by atoms with Gasteiger partial charge in [-0.25, -0.2) is 9.78 Å². The molecule has 7 nitrogen and oxygen atoms in total. The molecule has 0 aromatic carbocycles. The molecular weight excluding hydrogens is 372 g/mol. The average molecular weight is 407 g/mol. The Balaban J connectivity index is 1.82. The van der Waals surface area contributed by atoms with Gasteiger partial charge in [-0.3, -0.25) is 4.79 Å². The van der Waals surface area contributed by atoms with Crippen molar-refractivity contribution in [1.29, 1.82) is 0 Å². The number of cyclic esters (lactones) is 1. The predicted octanol–water partition coefficient (Wildman–Crippen LogP) is 4.12. The zero-order valence-electron chi connectivity index (χ0n) is 18.5. The van der Waals surface area contributed by atoms with Crippen LogP contribution < -0.4 is 0 Å². The summed E-state index contributed by atoms with van der Waals surface area (Å²) in [6, 6.07) is -0.201. The van der Waals surface area contributed by atoms with E-state index in [2.05, 4.69) is 32.7 Å². The second kappa shape index (κ2) is 8.09. The molecule has 0 saturated carbocycles. The summed E-state index contributed by atoms with van der Waals surface area (Å²) in [4.78, 5) is 32.3. The first-order valence-electron chi connectivity index (χ1n) is 10.7. The molecule has 3 atom stereocenters. The van der Waals surface area contributed by atoms with Crippen molar-refractivity contribution in [2.24, 2.45) is 5.92 Å². The van der Waals surface area contributed by atoms with E-state index in [0.29, 0.717) is 18.9 Å². The van der Waals surface area contributed by atoms with Crippen LogP contribution in [0.1, 0.15) is 91.3 Å². The van der Waals surface area contributed by atoms with Crippen LogP contribution in [0.15, 0.2) is 10.6 Å². The van der Waals surface area contributed by atoms with Crippen LogP contribution in [-0.4, -0.2) is 40.2 Å². The van der Waals surface area contributed by atoms with Crippen LogP contribution in [0.5, 0.6) is 0 Å². The lowest BCUT2D eigenvalue weighted by Gasteiger charge is -2.29. The van der Waals surface area contributed by atoms with Gasteiger partial charge in [-0.05, 0) is 19.3 Å². The Morgan fingerprint density at radius 1 is 1.38 bits per heavy atom. The van der Waals surface area contributed by atoms with Crippen molar-refractivity contribution in [1.82, 2.24) is 9.88 Å². The van der Waals surface area contributed by atoms with Gasteiger partial charge in [-0.15, -0.1) is 0 Å². The van der Waals surface area contributed by atoms with E-state index in [-0.39, 0.29) is 17.4 Å². The van der Waals surface area contributed by atoms with Gasteiger partial charge in [0.1, 0.15) is 11.8 Å². The van der Waals surface area contributed by atoms with Gasteiger partial charge in [0, 0.05) is 25.8 Å². The Morgan fingerprint density at radius 3 is 2.66 bits per heavy atom. The Labute approximate surface area is 173 Å². The number of esters is 1. The SMILES string of the molecule is CCCCC(C(=O)N1CCCC1c1ncc(C(C)(C)C)o1)[C@H]1OC(C)(C)OC1=O. The van der Waals surface area contributed by atoms with Crippen LogP contribution in [0.2, 0.25) is 0 Å². The van der Waals surface area contributed by atoms with Crippen LogP contribution in [-0.2, 0) is 24.5 Å². The monoisotopic (exact) mass is 406 g/mol. The van der Waals surface area contributed by atoms with Crippen LogP contribution in [0.3, 0.4) is 0 Å². The molecule has 2 fully saturated rings. The first-order valence-corrected chi connectivity index (χ1v) is 10.7. The van der Waals surface area contributed by atoms with Gasteiger partial charge in [0.25, 0.3) is 0 Å². The van der Waals surface area contributed by atoms with Crippen LogP contribution >= 0.6 is 0 Å². The van der Waals surface area contributed by atoms with Crippen molar-refractivity contribution < 1.29 is 23.5 Å². The highest BCUT2D eigenvalue weighted by Gasteiger charge is 2.49. The Hall–Kier alpha value is -1.89. The standard InChI is InChI=1S/C22H34N2O5/c1-7-8-10-14(17-20(26)29-22(5,6)28-17)19(25)24-12-9-11-15(24)18-23-13-16(27-18)21(2,3)4/h13-15,17H,7-12H2,1-6H3/t14?,15?,17-/m1/s1. The van der Waals surface area contributed by atoms with E-state index >= 15 is 0 Å². The van der Waals surface area contributed by atoms with Gasteiger partial charge in [-0.2, -0.15) is 0 Å². The molecule has 2 aliphatic heterocycles. The quantitative estimate of drug-likeness (QED) is 0.661. The fourth-order valence-corrected chi connectivity index (χ4v) is 4.04. The van der Waals surface area contributed by atoms with Crippen LogP contribution in [0.4, 0.5) is 0 Å². The summed E-state index contributed by atoms with van der Waals surface area (Å²) in [7, 11) is 0. The molecular formula is C22H34N2O5. The summed E-state index contributed by atoms with van der Waals surface area (Å²) < 4.78 is 17.2. The molecule has 0 N–H and O–H groups in total. The van der Waals surface area contributed by atoms with Crippen molar-refractivity contribution in [2.75, 3.05) is 6.54 Å². The summed E-state index contributed by atoms with van der Waals surface area (Å²) in [6.07, 6.45) is 4.95. The minimum absolute atomic E-state index is 0.0730. The molecule has 0 radical (unpaired) electrons. The third-order valence-corrected chi connectivity index (χ3v) is 5.62. The second-order valence-electron chi connectivity index (χ2n) is 9.61. The number of hydrogen-bond acceptors (Lipinski definition) is 6. The number of ether oxygens (including phenoxy) is 2. The van der Waals surface area contributed by atoms with E-state index in [1.807, 2.05) is 4.90 Å². The molecule has 3 rings (SSSR count). The Kier molecular flexibility index (Phi) is 6.08. The zero-order chi connectivity index (χ0) is 21.4. The molecule has 0 spiro atoms. The lowest BCUT2D eigenvalue weighted by atomic mass is 9.94. The number of unbranched alkanes of at least 4 members (excludes halogenated alkanes) is 1. The number of carbonyl (C=O) groups is 2. The highest BCUT2D eigenvalue weighted by atomic mass is 16.8. The maximum absolute atomic E-state index is 13.6. The van der Waals surface area contributed by atoms with E-state index < -0.39 is 23.8 Å². The summed E-state index contributed by atoms with van der Waals surface area (Å²) in [5.41, 5.74) is -0.143. The molecule has 1 amide bonds. The lowest BCUT2D eigenvalue weighted by Crippen LogP contribution is -2.43. The van der Waals surface area contributed by atoms with E-state index in [1.54, 1.807) is 20.0 Å². The van der Waals surface area contributed by atoms with Crippen molar-refractivity contribution >= 4 is 11.9 Å². The molecule has 1 aromatic rings. The van der Waals surface area contributed by atoms with E-state index in [0.717, 1.165) is 31.4 Å². The van der Waals surface area contributed by atoms with Crippen molar-refractivity contribution in [3.05, 3.63) is 17.8 Å². The molecule has 0 bridgehead atoms. The highest BCUT2D eigenvalue weighted by Crippen LogP contribution is 2.38. The van der Waals surface area contributed by atoms with Gasteiger partial charge in [0.15, 0.2) is 6.10 Å². The minimum Gasteiger partial charge on any atom is -0.443 e. The van der Waals surface area contributed by atoms with Gasteiger partial charge < -0.3 is 18.8 Å². The molecule has 7 heteroatoms. The van der Waals surface area contributed by atoms with Crippen LogP contribution in [0.25, 0.3) is 0 Å². The maximum Gasteiger partial charge on any atom is 0.338 e. The molecule has 162 valence electrons. The van der Waals surface area contributed by atoms with Gasteiger partial charge >= 0.3 is 5.97 Å². The summed E-state index contributed by atoms with van der Waals surface area (Å²) in [5.74, 6) is -0.700. The Morgan fingerprint density at radius 2 is 2.10 bits per heavy atom. The summed E-state index contributed by atoms with van der Waals surface area (Å²) >= 11 is 0. The number of carbonyl (C=O) groups excluding carboxylic acids is 2. The number of oxazole rings is 1. The van der Waals surface area contributed by atoms with E-state index in [1.165, 1.54) is 0 Å². The summed E-state index contributed by atoms with van der Waals surface area (Å²) in [5, 5.41) is 0. The van der Waals surface area contributed by atoms with Gasteiger partial charge in [0.05, 0.1) is 12.1 Å². The molecule has 0 aliphatic carbocycles. The summed E-state index contributed by atoms with van der Waals surface area (Å²) in [6.45, 7) is 12.3. The van der Waals surface area contributed by atoms with Crippen molar-refractivity contribution in [3.8, 4) is 0 Å². The van der Waals surface area contributed by atoms with E-state index in [4.69, 9.17) is 13.9 Å². The second-order valence-corrected chi connectivity index (χ2v) is 9.61. The molecule has 3 heterocycles. The van der Waals surface area contributed by atoms with Crippen molar-refractivity contribution in [3.63, 3.8) is 0 Å². The fourth-order valence-electron chi connectivity index (χ4n) is 4.04. The molecule has 1 aromatic heterocycles. The number of likely N-dealkylation sites (tertiary alicyclic amines) is 1. The number of rotatable bonds is 6. The maximum atomic E-state index is 13.6. The molecule has 2 aliphatic rings. The third-order valence-electron chi connectivity index (χ3n) is 5.62. The fraction of sp³-hybridized carbons (Fsp3) is 0.773.